The van der Waals surface area contributed by atoms with E-state index in [1.165, 1.54) is 11.9 Å². The van der Waals surface area contributed by atoms with Crippen molar-refractivity contribution in [2.75, 3.05) is 7.05 Å². The predicted octanol–water partition coefficient (Wildman–Crippen LogP) is 3.96. The summed E-state index contributed by atoms with van der Waals surface area (Å²) in [7, 11) is 1.54. The quantitative estimate of drug-likeness (QED) is 0.706. The lowest BCUT2D eigenvalue weighted by atomic mass is 10.2. The number of nitrogens with zero attached hydrogens (tertiary/aromatic N) is 5. The van der Waals surface area contributed by atoms with Gasteiger partial charge in [0, 0.05) is 25.7 Å². The summed E-state index contributed by atoms with van der Waals surface area (Å²) in [6.45, 7) is 2.35. The van der Waals surface area contributed by atoms with E-state index in [1.807, 2.05) is 6.92 Å². The SMILES string of the molecule is CCn1cc(Cl)c(CN(C)C(=O)Cn2nc(C(F)(F)F)c(Cl)c2C2CC2)n1. The maximum absolute atomic E-state index is 13.1. The van der Waals surface area contributed by atoms with E-state index < -0.39 is 22.8 Å². The van der Waals surface area contributed by atoms with E-state index in [2.05, 4.69) is 10.2 Å². The fourth-order valence-electron chi connectivity index (χ4n) is 2.77. The number of aromatic nitrogens is 4. The van der Waals surface area contributed by atoms with Gasteiger partial charge < -0.3 is 4.90 Å². The molecule has 1 aliphatic rings. The van der Waals surface area contributed by atoms with Crippen molar-refractivity contribution in [1.29, 1.82) is 0 Å². The predicted molar refractivity (Wildman–Crippen MR) is 93.6 cm³/mol. The highest BCUT2D eigenvalue weighted by Gasteiger charge is 2.42. The van der Waals surface area contributed by atoms with Crippen molar-refractivity contribution < 1.29 is 18.0 Å². The fraction of sp³-hybridized carbons (Fsp3) is 0.562. The maximum Gasteiger partial charge on any atom is 0.436 e. The Hall–Kier alpha value is -1.74. The molecule has 0 atom stereocenters. The van der Waals surface area contributed by atoms with Gasteiger partial charge in [-0.05, 0) is 19.8 Å². The molecular formula is C16H18Cl2F3N5O. The van der Waals surface area contributed by atoms with Crippen LogP contribution in [0.2, 0.25) is 10.0 Å². The standard InChI is InChI=1S/C16H18Cl2F3N5O/c1-3-25-6-10(17)11(22-25)7-24(2)12(27)8-26-14(9-4-5-9)13(18)15(23-26)16(19,20)21/h6,9H,3-5,7-8H2,1-2H3. The van der Waals surface area contributed by atoms with Gasteiger partial charge in [-0.2, -0.15) is 23.4 Å². The molecule has 0 radical (unpaired) electrons. The molecule has 148 valence electrons. The van der Waals surface area contributed by atoms with E-state index in [0.29, 0.717) is 17.3 Å². The van der Waals surface area contributed by atoms with E-state index >= 15 is 0 Å². The molecule has 1 fully saturated rings. The Morgan fingerprint density at radius 3 is 2.52 bits per heavy atom. The van der Waals surface area contributed by atoms with E-state index in [-0.39, 0.29) is 24.7 Å². The van der Waals surface area contributed by atoms with E-state index in [4.69, 9.17) is 23.2 Å². The Morgan fingerprint density at radius 2 is 2.00 bits per heavy atom. The molecule has 27 heavy (non-hydrogen) atoms. The first-order valence-corrected chi connectivity index (χ1v) is 9.16. The first kappa shape index (κ1) is 20.0. The number of likely N-dealkylation sites (N-methyl/N-ethyl adjacent to an activating group) is 1. The maximum atomic E-state index is 13.1. The number of hydrogen-bond acceptors (Lipinski definition) is 3. The molecule has 0 aromatic carbocycles. The third kappa shape index (κ3) is 4.24. The van der Waals surface area contributed by atoms with Crippen LogP contribution in [-0.4, -0.2) is 37.4 Å². The van der Waals surface area contributed by atoms with Gasteiger partial charge in [0.1, 0.15) is 12.2 Å². The molecule has 2 aromatic heterocycles. The fourth-order valence-corrected chi connectivity index (χ4v) is 3.38. The van der Waals surface area contributed by atoms with Crippen LogP contribution in [0, 0.1) is 0 Å². The first-order chi connectivity index (χ1) is 12.6. The number of carbonyl (C=O) groups is 1. The summed E-state index contributed by atoms with van der Waals surface area (Å²) < 4.78 is 42.0. The van der Waals surface area contributed by atoms with Gasteiger partial charge in [-0.3, -0.25) is 14.2 Å². The summed E-state index contributed by atoms with van der Waals surface area (Å²) in [4.78, 5) is 13.9. The normalized spacial score (nSPS) is 14.6. The summed E-state index contributed by atoms with van der Waals surface area (Å²) >= 11 is 12.0. The van der Waals surface area contributed by atoms with Crippen LogP contribution in [0.15, 0.2) is 6.20 Å². The van der Waals surface area contributed by atoms with Gasteiger partial charge in [-0.15, -0.1) is 0 Å². The van der Waals surface area contributed by atoms with Crippen LogP contribution < -0.4 is 0 Å². The summed E-state index contributed by atoms with van der Waals surface area (Å²) in [5.41, 5.74) is -0.350. The second-order valence-corrected chi connectivity index (χ2v) is 7.29. The van der Waals surface area contributed by atoms with Gasteiger partial charge in [0.25, 0.3) is 0 Å². The molecule has 0 saturated heterocycles. The van der Waals surface area contributed by atoms with Crippen molar-refractivity contribution in [2.24, 2.45) is 0 Å². The molecule has 0 aliphatic heterocycles. The number of halogens is 5. The lowest BCUT2D eigenvalue weighted by Crippen LogP contribution is -2.31. The molecule has 0 spiro atoms. The molecule has 2 heterocycles. The molecule has 3 rings (SSSR count). The zero-order chi connectivity index (χ0) is 19.9. The van der Waals surface area contributed by atoms with Crippen molar-refractivity contribution in [3.8, 4) is 0 Å². The minimum absolute atomic E-state index is 0.0890. The van der Waals surface area contributed by atoms with Crippen LogP contribution in [0.3, 0.4) is 0 Å². The van der Waals surface area contributed by atoms with Crippen molar-refractivity contribution in [3.63, 3.8) is 0 Å². The van der Waals surface area contributed by atoms with Crippen molar-refractivity contribution in [1.82, 2.24) is 24.5 Å². The number of aryl methyl sites for hydroxylation is 1. The summed E-state index contributed by atoms with van der Waals surface area (Å²) in [5.74, 6) is -0.499. The number of carbonyl (C=O) groups excluding carboxylic acids is 1. The minimum atomic E-state index is -4.67. The van der Waals surface area contributed by atoms with E-state index in [0.717, 1.165) is 17.5 Å². The molecular weight excluding hydrogens is 406 g/mol. The van der Waals surface area contributed by atoms with Gasteiger partial charge in [0.2, 0.25) is 5.91 Å². The lowest BCUT2D eigenvalue weighted by Gasteiger charge is -2.17. The van der Waals surface area contributed by atoms with Crippen LogP contribution in [0.4, 0.5) is 13.2 Å². The van der Waals surface area contributed by atoms with Crippen LogP contribution in [-0.2, 0) is 30.6 Å². The number of alkyl halides is 3. The molecule has 11 heteroatoms. The Kier molecular flexibility index (Phi) is 5.45. The Labute approximate surface area is 163 Å². The Balaban J connectivity index is 1.78. The van der Waals surface area contributed by atoms with Gasteiger partial charge in [-0.25, -0.2) is 0 Å². The third-order valence-corrected chi connectivity index (χ3v) is 5.06. The van der Waals surface area contributed by atoms with Gasteiger partial charge in [0.05, 0.1) is 22.3 Å². The third-order valence-electron chi connectivity index (χ3n) is 4.37. The smallest absolute Gasteiger partial charge is 0.338 e. The summed E-state index contributed by atoms with van der Waals surface area (Å²) in [6.07, 6.45) is -1.54. The van der Waals surface area contributed by atoms with Crippen molar-refractivity contribution >= 4 is 29.1 Å². The molecule has 0 unspecified atom stereocenters. The molecule has 0 N–H and O–H groups in total. The highest BCUT2D eigenvalue weighted by molar-refractivity contribution is 6.32. The molecule has 1 aliphatic carbocycles. The van der Waals surface area contributed by atoms with E-state index in [9.17, 15) is 18.0 Å². The Bertz CT molecular complexity index is 857. The first-order valence-electron chi connectivity index (χ1n) is 8.41. The lowest BCUT2D eigenvalue weighted by molar-refractivity contribution is -0.142. The molecule has 2 aromatic rings. The topological polar surface area (TPSA) is 56.0 Å². The van der Waals surface area contributed by atoms with Crippen LogP contribution in [0.1, 0.15) is 42.8 Å². The van der Waals surface area contributed by atoms with Crippen molar-refractivity contribution in [3.05, 3.63) is 33.3 Å². The number of amides is 1. The zero-order valence-electron chi connectivity index (χ0n) is 14.7. The monoisotopic (exact) mass is 423 g/mol. The van der Waals surface area contributed by atoms with Crippen LogP contribution in [0.25, 0.3) is 0 Å². The zero-order valence-corrected chi connectivity index (χ0v) is 16.2. The van der Waals surface area contributed by atoms with E-state index in [1.54, 1.807) is 10.9 Å². The summed E-state index contributed by atoms with van der Waals surface area (Å²) in [6, 6.07) is 0. The van der Waals surface area contributed by atoms with Gasteiger partial charge >= 0.3 is 6.18 Å². The number of hydrogen-bond donors (Lipinski definition) is 0. The molecule has 6 nitrogen and oxygen atoms in total. The largest absolute Gasteiger partial charge is 0.436 e. The second-order valence-electron chi connectivity index (χ2n) is 6.51. The summed E-state index contributed by atoms with van der Waals surface area (Å²) in [5, 5.41) is 7.85. The Morgan fingerprint density at radius 1 is 1.33 bits per heavy atom. The average molecular weight is 424 g/mol. The highest BCUT2D eigenvalue weighted by Crippen LogP contribution is 2.46. The average Bonchev–Trinajstić information content (AvgIpc) is 3.27. The number of rotatable bonds is 6. The molecule has 0 bridgehead atoms. The van der Waals surface area contributed by atoms with Crippen LogP contribution >= 0.6 is 23.2 Å². The van der Waals surface area contributed by atoms with Gasteiger partial charge in [-0.1, -0.05) is 23.2 Å². The highest BCUT2D eigenvalue weighted by atomic mass is 35.5. The minimum Gasteiger partial charge on any atom is -0.338 e. The molecule has 1 saturated carbocycles. The second kappa shape index (κ2) is 7.35. The van der Waals surface area contributed by atoms with Crippen LogP contribution in [0.5, 0.6) is 0 Å². The van der Waals surface area contributed by atoms with Gasteiger partial charge in [0.15, 0.2) is 5.69 Å². The van der Waals surface area contributed by atoms with Crippen molar-refractivity contribution in [2.45, 2.75) is 51.5 Å². The molecule has 1 amide bonds.